The van der Waals surface area contributed by atoms with Crippen LogP contribution in [-0.4, -0.2) is 51.2 Å². The maximum absolute atomic E-state index is 12.6. The standard InChI is InChI=1S/C17H21N3O3S/c18-8-12-2-1-3-16(6-12)24(21,22)19-14-7-15-11-23-17(13-4-5-13)10-20(15)9-14/h1-3,6,13-15,17,19H,4-5,7,9-11H2/t14-,15-,17+/m0/s1. The zero-order valence-electron chi connectivity index (χ0n) is 13.4. The molecule has 128 valence electrons. The van der Waals surface area contributed by atoms with Crippen LogP contribution in [0, 0.1) is 17.2 Å². The number of benzene rings is 1. The van der Waals surface area contributed by atoms with Gasteiger partial charge in [-0.3, -0.25) is 4.90 Å². The SMILES string of the molecule is N#Cc1cccc(S(=O)(=O)N[C@H]2C[C@H]3CO[C@@H](C4CC4)CN3C2)c1. The summed E-state index contributed by atoms with van der Waals surface area (Å²) >= 11 is 0. The Morgan fingerprint density at radius 3 is 2.88 bits per heavy atom. The topological polar surface area (TPSA) is 82.4 Å². The molecule has 0 amide bonds. The molecule has 3 aliphatic rings. The van der Waals surface area contributed by atoms with E-state index in [2.05, 4.69) is 9.62 Å². The van der Waals surface area contributed by atoms with Gasteiger partial charge in [0.1, 0.15) is 0 Å². The Morgan fingerprint density at radius 2 is 2.12 bits per heavy atom. The molecule has 24 heavy (non-hydrogen) atoms. The lowest BCUT2D eigenvalue weighted by molar-refractivity contribution is -0.0581. The summed E-state index contributed by atoms with van der Waals surface area (Å²) in [5.74, 6) is 0.704. The molecule has 0 spiro atoms. The zero-order valence-corrected chi connectivity index (χ0v) is 14.2. The average Bonchev–Trinajstić information content (AvgIpc) is 3.35. The van der Waals surface area contributed by atoms with Crippen LogP contribution >= 0.6 is 0 Å². The molecule has 1 saturated carbocycles. The number of fused-ring (bicyclic) bond motifs is 1. The van der Waals surface area contributed by atoms with Crippen molar-refractivity contribution in [3.63, 3.8) is 0 Å². The predicted molar refractivity (Wildman–Crippen MR) is 87.7 cm³/mol. The minimum Gasteiger partial charge on any atom is -0.375 e. The van der Waals surface area contributed by atoms with E-state index >= 15 is 0 Å². The molecule has 0 radical (unpaired) electrons. The van der Waals surface area contributed by atoms with Crippen molar-refractivity contribution in [1.29, 1.82) is 5.26 Å². The van der Waals surface area contributed by atoms with Gasteiger partial charge in [-0.15, -0.1) is 0 Å². The molecule has 2 saturated heterocycles. The van der Waals surface area contributed by atoms with E-state index in [4.69, 9.17) is 10.00 Å². The third-order valence-electron chi connectivity index (χ3n) is 5.19. The van der Waals surface area contributed by atoms with E-state index in [1.807, 2.05) is 6.07 Å². The van der Waals surface area contributed by atoms with Crippen LogP contribution in [0.5, 0.6) is 0 Å². The van der Waals surface area contributed by atoms with Crippen molar-refractivity contribution in [2.45, 2.75) is 42.3 Å². The Bertz CT molecular complexity index is 770. The predicted octanol–water partition coefficient (Wildman–Crippen LogP) is 1.09. The quantitative estimate of drug-likeness (QED) is 0.881. The number of rotatable bonds is 4. The molecule has 4 rings (SSSR count). The number of morpholine rings is 1. The first kappa shape index (κ1) is 16.0. The second-order valence-electron chi connectivity index (χ2n) is 7.01. The Hall–Kier alpha value is -1.46. The molecule has 7 heteroatoms. The fraction of sp³-hybridized carbons (Fsp3) is 0.588. The molecule has 1 aromatic rings. The first-order chi connectivity index (χ1) is 11.5. The van der Waals surface area contributed by atoms with Crippen LogP contribution in [0.15, 0.2) is 29.2 Å². The van der Waals surface area contributed by atoms with Crippen LogP contribution in [0.25, 0.3) is 0 Å². The summed E-state index contributed by atoms with van der Waals surface area (Å²) in [4.78, 5) is 2.52. The summed E-state index contributed by atoms with van der Waals surface area (Å²) in [6.07, 6.45) is 3.61. The zero-order chi connectivity index (χ0) is 16.7. The number of sulfonamides is 1. The van der Waals surface area contributed by atoms with Gasteiger partial charge in [-0.1, -0.05) is 6.07 Å². The number of ether oxygens (including phenoxy) is 1. The lowest BCUT2D eigenvalue weighted by Crippen LogP contribution is -2.47. The van der Waals surface area contributed by atoms with Gasteiger partial charge >= 0.3 is 0 Å². The highest BCUT2D eigenvalue weighted by Crippen LogP contribution is 2.38. The lowest BCUT2D eigenvalue weighted by atomic mass is 10.1. The van der Waals surface area contributed by atoms with E-state index in [0.29, 0.717) is 30.2 Å². The van der Waals surface area contributed by atoms with E-state index in [1.165, 1.54) is 25.0 Å². The van der Waals surface area contributed by atoms with Crippen molar-refractivity contribution in [3.8, 4) is 6.07 Å². The maximum Gasteiger partial charge on any atom is 0.240 e. The maximum atomic E-state index is 12.6. The summed E-state index contributed by atoms with van der Waals surface area (Å²) in [7, 11) is -3.61. The van der Waals surface area contributed by atoms with Gasteiger partial charge in [-0.05, 0) is 43.4 Å². The van der Waals surface area contributed by atoms with E-state index in [9.17, 15) is 8.42 Å². The minimum absolute atomic E-state index is 0.104. The molecule has 0 unspecified atom stereocenters. The number of nitrogens with zero attached hydrogens (tertiary/aromatic N) is 2. The van der Waals surface area contributed by atoms with Crippen LogP contribution in [0.3, 0.4) is 0 Å². The van der Waals surface area contributed by atoms with Gasteiger partial charge < -0.3 is 4.74 Å². The van der Waals surface area contributed by atoms with Crippen LogP contribution in [-0.2, 0) is 14.8 Å². The highest BCUT2D eigenvalue weighted by Gasteiger charge is 2.43. The smallest absolute Gasteiger partial charge is 0.240 e. The number of nitriles is 1. The van der Waals surface area contributed by atoms with Crippen molar-refractivity contribution < 1.29 is 13.2 Å². The summed E-state index contributed by atoms with van der Waals surface area (Å²) in [6.45, 7) is 2.34. The summed E-state index contributed by atoms with van der Waals surface area (Å²) in [5, 5.41) is 8.94. The Balaban J connectivity index is 1.43. The molecule has 0 aromatic heterocycles. The normalized spacial score (nSPS) is 30.7. The van der Waals surface area contributed by atoms with Gasteiger partial charge in [0, 0.05) is 25.2 Å². The molecule has 3 fully saturated rings. The number of hydrogen-bond donors (Lipinski definition) is 1. The second-order valence-corrected chi connectivity index (χ2v) is 8.72. The largest absolute Gasteiger partial charge is 0.375 e. The van der Waals surface area contributed by atoms with Crippen molar-refractivity contribution in [3.05, 3.63) is 29.8 Å². The molecule has 1 aromatic carbocycles. The average molecular weight is 347 g/mol. The van der Waals surface area contributed by atoms with Crippen LogP contribution in [0.2, 0.25) is 0 Å². The molecule has 1 aliphatic carbocycles. The molecule has 3 atom stereocenters. The van der Waals surface area contributed by atoms with Crippen LogP contribution in [0.4, 0.5) is 0 Å². The van der Waals surface area contributed by atoms with Gasteiger partial charge in [0.05, 0.1) is 29.2 Å². The summed E-state index contributed by atoms with van der Waals surface area (Å²) in [6, 6.07) is 8.31. The van der Waals surface area contributed by atoms with Gasteiger partial charge in [0.15, 0.2) is 0 Å². The van der Waals surface area contributed by atoms with Crippen LogP contribution in [0.1, 0.15) is 24.8 Å². The van der Waals surface area contributed by atoms with Gasteiger partial charge in [-0.25, -0.2) is 13.1 Å². The van der Waals surface area contributed by atoms with Crippen molar-refractivity contribution >= 4 is 10.0 Å². The molecule has 1 N–H and O–H groups in total. The third-order valence-corrected chi connectivity index (χ3v) is 6.71. The fourth-order valence-electron chi connectivity index (χ4n) is 3.76. The minimum atomic E-state index is -3.61. The molecule has 2 aliphatic heterocycles. The molecular weight excluding hydrogens is 326 g/mol. The monoisotopic (exact) mass is 347 g/mol. The Kier molecular flexibility index (Phi) is 4.09. The van der Waals surface area contributed by atoms with E-state index < -0.39 is 10.0 Å². The third kappa shape index (κ3) is 3.20. The number of nitrogens with one attached hydrogen (secondary N) is 1. The first-order valence-electron chi connectivity index (χ1n) is 8.43. The Morgan fingerprint density at radius 1 is 1.29 bits per heavy atom. The van der Waals surface area contributed by atoms with Gasteiger partial charge in [0.25, 0.3) is 0 Å². The number of hydrogen-bond acceptors (Lipinski definition) is 5. The molecule has 2 heterocycles. The van der Waals surface area contributed by atoms with Gasteiger partial charge in [0.2, 0.25) is 10.0 Å². The molecule has 6 nitrogen and oxygen atoms in total. The van der Waals surface area contributed by atoms with E-state index in [1.54, 1.807) is 12.1 Å². The first-order valence-corrected chi connectivity index (χ1v) is 9.91. The summed E-state index contributed by atoms with van der Waals surface area (Å²) in [5.41, 5.74) is 0.349. The lowest BCUT2D eigenvalue weighted by Gasteiger charge is -2.35. The van der Waals surface area contributed by atoms with Crippen LogP contribution < -0.4 is 4.72 Å². The summed E-state index contributed by atoms with van der Waals surface area (Å²) < 4.78 is 33.9. The molecule has 0 bridgehead atoms. The molecular formula is C17H21N3O3S. The highest BCUT2D eigenvalue weighted by molar-refractivity contribution is 7.89. The van der Waals surface area contributed by atoms with Crippen molar-refractivity contribution in [1.82, 2.24) is 9.62 Å². The van der Waals surface area contributed by atoms with E-state index in [-0.39, 0.29) is 10.9 Å². The van der Waals surface area contributed by atoms with Gasteiger partial charge in [-0.2, -0.15) is 5.26 Å². The second kappa shape index (κ2) is 6.12. The van der Waals surface area contributed by atoms with Crippen molar-refractivity contribution in [2.24, 2.45) is 5.92 Å². The highest BCUT2D eigenvalue weighted by atomic mass is 32.2. The fourth-order valence-corrected chi connectivity index (χ4v) is 5.04. The van der Waals surface area contributed by atoms with E-state index in [0.717, 1.165) is 19.5 Å². The van der Waals surface area contributed by atoms with Crippen molar-refractivity contribution in [2.75, 3.05) is 19.7 Å². The Labute approximate surface area is 142 Å².